The molecule has 0 rings (SSSR count). The van der Waals surface area contributed by atoms with E-state index in [0.29, 0.717) is 11.6 Å². The van der Waals surface area contributed by atoms with Crippen LogP contribution in [0.15, 0.2) is 0 Å². The normalized spacial score (nSPS) is 12.4. The largest absolute Gasteiger partial charge is 0.401 e. The van der Waals surface area contributed by atoms with Crippen LogP contribution >= 0.6 is 12.2 Å². The minimum absolute atomic E-state index is 0.333. The highest BCUT2D eigenvalue weighted by molar-refractivity contribution is 7.80. The fourth-order valence-electron chi connectivity index (χ4n) is 1.85. The first-order valence-corrected chi connectivity index (χ1v) is 8.22. The van der Waals surface area contributed by atoms with Crippen LogP contribution in [0.4, 0.5) is 0 Å². The number of hydrogen-bond acceptors (Lipinski definition) is 4. The third-order valence-electron chi connectivity index (χ3n) is 3.13. The molecule has 0 saturated carbocycles. The second-order valence-electron chi connectivity index (χ2n) is 5.14. The van der Waals surface area contributed by atoms with Gasteiger partial charge >= 0.3 is 0 Å². The van der Waals surface area contributed by atoms with Gasteiger partial charge in [0.1, 0.15) is 0 Å². The fraction of sp³-hybridized carbons (Fsp3) is 0.933. The smallest absolute Gasteiger partial charge is 0.187 e. The monoisotopic (exact) mass is 289 g/mol. The molecule has 0 heterocycles. The van der Waals surface area contributed by atoms with Gasteiger partial charge in [-0.2, -0.15) is 5.48 Å². The predicted molar refractivity (Wildman–Crippen MR) is 85.2 cm³/mol. The van der Waals surface area contributed by atoms with Crippen LogP contribution in [0.1, 0.15) is 78.1 Å². The Morgan fingerprint density at radius 3 is 2.37 bits per heavy atom. The Balaban J connectivity index is 3.29. The van der Waals surface area contributed by atoms with Crippen molar-refractivity contribution in [3.8, 4) is 0 Å². The van der Waals surface area contributed by atoms with E-state index in [1.165, 1.54) is 32.1 Å². The van der Waals surface area contributed by atoms with E-state index in [9.17, 15) is 5.11 Å². The number of unbranched alkanes of at least 4 members (excludes halogenated alkanes) is 6. The van der Waals surface area contributed by atoms with Crippen molar-refractivity contribution in [2.45, 2.75) is 84.2 Å². The number of aliphatic hydroxyl groups is 1. The van der Waals surface area contributed by atoms with Crippen molar-refractivity contribution in [2.75, 3.05) is 6.54 Å². The van der Waals surface area contributed by atoms with Gasteiger partial charge in [-0.25, -0.2) is 0 Å². The molecule has 0 aliphatic rings. The van der Waals surface area contributed by atoms with Gasteiger partial charge in [0.25, 0.3) is 0 Å². The molecule has 19 heavy (non-hydrogen) atoms. The molecule has 0 aliphatic carbocycles. The number of hydroxylamine groups is 1. The molecule has 0 radical (unpaired) electrons. The summed E-state index contributed by atoms with van der Waals surface area (Å²) in [5.41, 5.74) is 2.76. The molecule has 0 aliphatic heterocycles. The molecule has 1 atom stereocenters. The minimum atomic E-state index is -0.333. The molecular weight excluding hydrogens is 258 g/mol. The van der Waals surface area contributed by atoms with E-state index in [0.717, 1.165) is 32.1 Å². The lowest BCUT2D eigenvalue weighted by Gasteiger charge is -2.12. The molecule has 114 valence electrons. The Hall–Kier alpha value is -0.190. The first-order chi connectivity index (χ1) is 9.20. The van der Waals surface area contributed by atoms with Crippen LogP contribution in [-0.4, -0.2) is 22.8 Å². The number of thiocarbonyl (C=S) groups is 1. The number of aliphatic hydroxyl groups excluding tert-OH is 1. The number of nitrogens with one attached hydrogen (secondary N) is 1. The number of rotatable bonds is 13. The summed E-state index contributed by atoms with van der Waals surface area (Å²) < 4.78 is 0. The molecular formula is C15H31NO2S. The zero-order chi connectivity index (χ0) is 14.3. The number of hydrogen-bond donors (Lipinski definition) is 2. The first-order valence-electron chi connectivity index (χ1n) is 7.81. The standard InChI is InChI=1S/C15H31NO2S/c1-3-5-7-8-9-10-11-14(17)13-16-18-15(19)12-6-4-2/h14,16-17H,3-13H2,1-2H3. The predicted octanol–water partition coefficient (Wildman–Crippen LogP) is 4.14. The summed E-state index contributed by atoms with van der Waals surface area (Å²) >= 11 is 5.05. The Morgan fingerprint density at radius 1 is 1.05 bits per heavy atom. The van der Waals surface area contributed by atoms with Crippen LogP contribution in [0.3, 0.4) is 0 Å². The van der Waals surface area contributed by atoms with Gasteiger partial charge in [-0.15, -0.1) is 0 Å². The molecule has 0 saturated heterocycles. The summed E-state index contributed by atoms with van der Waals surface area (Å²) in [6, 6.07) is 0. The second kappa shape index (κ2) is 14.2. The zero-order valence-electron chi connectivity index (χ0n) is 12.6. The molecule has 0 fully saturated rings. The van der Waals surface area contributed by atoms with Crippen molar-refractivity contribution in [3.05, 3.63) is 0 Å². The molecule has 4 heteroatoms. The van der Waals surface area contributed by atoms with Crippen LogP contribution in [0, 0.1) is 0 Å². The van der Waals surface area contributed by atoms with Crippen molar-refractivity contribution in [1.29, 1.82) is 0 Å². The highest BCUT2D eigenvalue weighted by Crippen LogP contribution is 2.08. The molecule has 0 bridgehead atoms. The van der Waals surface area contributed by atoms with Gasteiger partial charge in [-0.05, 0) is 25.1 Å². The second-order valence-corrected chi connectivity index (χ2v) is 5.59. The average Bonchev–Trinajstić information content (AvgIpc) is 2.40. The molecule has 0 aromatic heterocycles. The Morgan fingerprint density at radius 2 is 1.68 bits per heavy atom. The van der Waals surface area contributed by atoms with Gasteiger partial charge in [-0.1, -0.05) is 58.8 Å². The van der Waals surface area contributed by atoms with E-state index in [-0.39, 0.29) is 6.10 Å². The summed E-state index contributed by atoms with van der Waals surface area (Å²) in [5, 5.41) is 10.3. The minimum Gasteiger partial charge on any atom is -0.401 e. The van der Waals surface area contributed by atoms with Gasteiger partial charge in [0, 0.05) is 6.42 Å². The summed E-state index contributed by atoms with van der Waals surface area (Å²) in [5.74, 6) is 0. The topological polar surface area (TPSA) is 41.5 Å². The van der Waals surface area contributed by atoms with Gasteiger partial charge in [0.05, 0.1) is 12.6 Å². The summed E-state index contributed by atoms with van der Waals surface area (Å²) in [4.78, 5) is 5.20. The highest BCUT2D eigenvalue weighted by atomic mass is 32.1. The van der Waals surface area contributed by atoms with Crippen LogP contribution in [-0.2, 0) is 4.84 Å². The van der Waals surface area contributed by atoms with Crippen LogP contribution in [0.25, 0.3) is 0 Å². The van der Waals surface area contributed by atoms with Crippen molar-refractivity contribution in [1.82, 2.24) is 5.48 Å². The lowest BCUT2D eigenvalue weighted by Crippen LogP contribution is -2.28. The molecule has 0 aromatic carbocycles. The lowest BCUT2D eigenvalue weighted by atomic mass is 10.1. The Kier molecular flexibility index (Phi) is 14.1. The lowest BCUT2D eigenvalue weighted by molar-refractivity contribution is 0.0936. The summed E-state index contributed by atoms with van der Waals surface area (Å²) in [7, 11) is 0. The average molecular weight is 289 g/mol. The SMILES string of the molecule is CCCCCCCCC(O)CNOC(=S)CCCC. The van der Waals surface area contributed by atoms with Crippen molar-refractivity contribution >= 4 is 17.3 Å². The van der Waals surface area contributed by atoms with Crippen molar-refractivity contribution < 1.29 is 9.94 Å². The molecule has 3 nitrogen and oxygen atoms in total. The molecule has 2 N–H and O–H groups in total. The zero-order valence-corrected chi connectivity index (χ0v) is 13.4. The summed E-state index contributed by atoms with van der Waals surface area (Å²) in [6.07, 6.45) is 11.0. The van der Waals surface area contributed by atoms with Gasteiger partial charge in [0.2, 0.25) is 0 Å². The van der Waals surface area contributed by atoms with Crippen LogP contribution < -0.4 is 5.48 Å². The van der Waals surface area contributed by atoms with E-state index in [2.05, 4.69) is 19.3 Å². The van der Waals surface area contributed by atoms with Crippen LogP contribution in [0.2, 0.25) is 0 Å². The maximum Gasteiger partial charge on any atom is 0.187 e. The van der Waals surface area contributed by atoms with Crippen molar-refractivity contribution in [3.63, 3.8) is 0 Å². The van der Waals surface area contributed by atoms with Gasteiger partial charge < -0.3 is 9.94 Å². The van der Waals surface area contributed by atoms with E-state index in [1.54, 1.807) is 0 Å². The third-order valence-corrected chi connectivity index (χ3v) is 3.42. The quantitative estimate of drug-likeness (QED) is 0.304. The van der Waals surface area contributed by atoms with E-state index < -0.39 is 0 Å². The first kappa shape index (κ1) is 18.8. The molecule has 0 aromatic rings. The van der Waals surface area contributed by atoms with Crippen molar-refractivity contribution in [2.24, 2.45) is 0 Å². The van der Waals surface area contributed by atoms with E-state index >= 15 is 0 Å². The van der Waals surface area contributed by atoms with Crippen LogP contribution in [0.5, 0.6) is 0 Å². The van der Waals surface area contributed by atoms with Gasteiger partial charge in [0.15, 0.2) is 5.05 Å². The molecule has 1 unspecified atom stereocenters. The van der Waals surface area contributed by atoms with E-state index in [1.807, 2.05) is 0 Å². The maximum atomic E-state index is 9.76. The Bertz CT molecular complexity index is 212. The highest BCUT2D eigenvalue weighted by Gasteiger charge is 2.04. The molecule has 0 amide bonds. The fourth-order valence-corrected chi connectivity index (χ4v) is 2.06. The van der Waals surface area contributed by atoms with Gasteiger partial charge in [-0.3, -0.25) is 0 Å². The Labute approximate surface area is 124 Å². The maximum absolute atomic E-state index is 9.76. The molecule has 0 spiro atoms. The third kappa shape index (κ3) is 14.0. The summed E-state index contributed by atoms with van der Waals surface area (Å²) in [6.45, 7) is 4.81. The van der Waals surface area contributed by atoms with E-state index in [4.69, 9.17) is 17.1 Å².